The summed E-state index contributed by atoms with van der Waals surface area (Å²) >= 11 is 0. The first-order chi connectivity index (χ1) is 16.9. The van der Waals surface area contributed by atoms with Crippen LogP contribution in [0.1, 0.15) is 69.2 Å². The molecule has 0 bridgehead atoms. The molecule has 11 heteroatoms. The number of rotatable bonds is 8. The molecule has 9 nitrogen and oxygen atoms in total. The fourth-order valence-corrected chi connectivity index (χ4v) is 7.14. The Labute approximate surface area is 231 Å². The molecule has 0 aliphatic carbocycles. The SMILES string of the molecule is CC1(C)O[C@H]2[C@@H](O1)[C@H](O[Si](C)(C)C(C)(C)C)O[C@@H]2[C@H](C(=O)O)[C@@H](O[Si](C)(C)C(C)(C)C)[C@H]1COC(C)(C)O1. The van der Waals surface area contributed by atoms with E-state index < -0.39 is 76.9 Å². The van der Waals surface area contributed by atoms with Gasteiger partial charge in [-0.25, -0.2) is 0 Å². The molecule has 0 aromatic rings. The summed E-state index contributed by atoms with van der Waals surface area (Å²) in [5.41, 5.74) is 0. The van der Waals surface area contributed by atoms with Gasteiger partial charge in [-0.3, -0.25) is 4.79 Å². The third kappa shape index (κ3) is 6.57. The predicted octanol–water partition coefficient (Wildman–Crippen LogP) is 5.50. The average molecular weight is 577 g/mol. The lowest BCUT2D eigenvalue weighted by molar-refractivity contribution is -0.230. The molecule has 0 aromatic carbocycles. The summed E-state index contributed by atoms with van der Waals surface area (Å²) < 4.78 is 44.7. The van der Waals surface area contributed by atoms with Crippen molar-refractivity contribution >= 4 is 22.6 Å². The van der Waals surface area contributed by atoms with E-state index in [-0.39, 0.29) is 16.7 Å². The van der Waals surface area contributed by atoms with Crippen molar-refractivity contribution < 1.29 is 42.4 Å². The molecule has 3 aliphatic rings. The quantitative estimate of drug-likeness (QED) is 0.376. The Morgan fingerprint density at radius 1 is 0.868 bits per heavy atom. The molecule has 0 unspecified atom stereocenters. The van der Waals surface area contributed by atoms with Gasteiger partial charge in [-0.15, -0.1) is 0 Å². The fraction of sp³-hybridized carbons (Fsp3) is 0.963. The number of carboxylic acid groups (broad SMARTS) is 1. The zero-order valence-electron chi connectivity index (χ0n) is 26.0. The van der Waals surface area contributed by atoms with Crippen molar-refractivity contribution in [2.75, 3.05) is 6.61 Å². The Kier molecular flexibility index (Phi) is 8.60. The number of carboxylic acids is 1. The second-order valence-electron chi connectivity index (χ2n) is 15.0. The van der Waals surface area contributed by atoms with Crippen molar-refractivity contribution in [2.24, 2.45) is 5.92 Å². The van der Waals surface area contributed by atoms with Gasteiger partial charge in [0.1, 0.15) is 30.3 Å². The van der Waals surface area contributed by atoms with Crippen molar-refractivity contribution in [3.63, 3.8) is 0 Å². The van der Waals surface area contributed by atoms with Gasteiger partial charge in [-0.05, 0) is 64.0 Å². The molecule has 3 rings (SSSR count). The molecule has 222 valence electrons. The van der Waals surface area contributed by atoms with Crippen molar-refractivity contribution in [1.82, 2.24) is 0 Å². The minimum Gasteiger partial charge on any atom is -0.481 e. The Morgan fingerprint density at radius 3 is 1.84 bits per heavy atom. The summed E-state index contributed by atoms with van der Waals surface area (Å²) in [5, 5.41) is 10.5. The van der Waals surface area contributed by atoms with E-state index in [1.54, 1.807) is 0 Å². The molecule has 0 saturated carbocycles. The molecule has 3 heterocycles. The second kappa shape index (κ2) is 10.2. The summed E-state index contributed by atoms with van der Waals surface area (Å²) in [6, 6.07) is 0. The van der Waals surface area contributed by atoms with E-state index in [1.165, 1.54) is 0 Å². The largest absolute Gasteiger partial charge is 0.481 e. The van der Waals surface area contributed by atoms with Gasteiger partial charge in [-0.1, -0.05) is 41.5 Å². The number of hydrogen-bond donors (Lipinski definition) is 1. The van der Waals surface area contributed by atoms with Crippen LogP contribution >= 0.6 is 0 Å². The van der Waals surface area contributed by atoms with Crippen molar-refractivity contribution in [2.45, 2.75) is 154 Å². The van der Waals surface area contributed by atoms with E-state index in [2.05, 4.69) is 67.7 Å². The smallest absolute Gasteiger partial charge is 0.311 e. The summed E-state index contributed by atoms with van der Waals surface area (Å²) in [6.45, 7) is 28.9. The van der Waals surface area contributed by atoms with Crippen LogP contribution in [0, 0.1) is 5.92 Å². The molecule has 3 saturated heterocycles. The van der Waals surface area contributed by atoms with Gasteiger partial charge in [0.2, 0.25) is 0 Å². The fourth-order valence-electron chi connectivity index (χ4n) is 4.69. The number of fused-ring (bicyclic) bond motifs is 1. The van der Waals surface area contributed by atoms with Gasteiger partial charge in [0.15, 0.2) is 34.5 Å². The molecule has 0 spiro atoms. The average Bonchev–Trinajstić information content (AvgIpc) is 3.30. The highest BCUT2D eigenvalue weighted by Gasteiger charge is 2.63. The van der Waals surface area contributed by atoms with Gasteiger partial charge < -0.3 is 37.6 Å². The number of ether oxygens (including phenoxy) is 5. The summed E-state index contributed by atoms with van der Waals surface area (Å²) in [6.07, 6.45) is -4.22. The van der Waals surface area contributed by atoms with Gasteiger partial charge in [0, 0.05) is 0 Å². The van der Waals surface area contributed by atoms with Crippen molar-refractivity contribution in [3.05, 3.63) is 0 Å². The van der Waals surface area contributed by atoms with Crippen LogP contribution in [0.15, 0.2) is 0 Å². The maximum Gasteiger partial charge on any atom is 0.311 e. The standard InChI is InChI=1S/C27H52O9Si2/c1-24(2,3)37(11,12)35-18(16-15-30-26(7,8)32-16)17(22(28)29)19-20-21(34-27(9,10)33-20)23(31-19)36-38(13,14)25(4,5)6/h16-21,23H,15H2,1-14H3,(H,28,29)/t16-,17-,18+,19-,20-,21-,23+/m1/s1. The molecular weight excluding hydrogens is 524 g/mol. The van der Waals surface area contributed by atoms with Crippen LogP contribution in [0.4, 0.5) is 0 Å². The van der Waals surface area contributed by atoms with E-state index >= 15 is 0 Å². The van der Waals surface area contributed by atoms with Gasteiger partial charge >= 0.3 is 5.97 Å². The highest BCUT2D eigenvalue weighted by Crippen LogP contribution is 2.48. The topological polar surface area (TPSA) is 102 Å². The van der Waals surface area contributed by atoms with E-state index in [0.29, 0.717) is 0 Å². The Bertz CT molecular complexity index is 875. The van der Waals surface area contributed by atoms with Crippen LogP contribution in [0.3, 0.4) is 0 Å². The van der Waals surface area contributed by atoms with E-state index in [9.17, 15) is 9.90 Å². The first-order valence-electron chi connectivity index (χ1n) is 13.8. The molecule has 3 aliphatic heterocycles. The molecule has 3 fully saturated rings. The van der Waals surface area contributed by atoms with Crippen LogP contribution in [0.25, 0.3) is 0 Å². The molecule has 0 radical (unpaired) electrons. The van der Waals surface area contributed by atoms with Crippen LogP contribution in [-0.4, -0.2) is 82.7 Å². The zero-order valence-corrected chi connectivity index (χ0v) is 28.0. The molecule has 0 aromatic heterocycles. The lowest BCUT2D eigenvalue weighted by Gasteiger charge is -2.43. The molecule has 7 atom stereocenters. The number of carbonyl (C=O) groups is 1. The van der Waals surface area contributed by atoms with Crippen molar-refractivity contribution in [1.29, 1.82) is 0 Å². The summed E-state index contributed by atoms with van der Waals surface area (Å²) in [5.74, 6) is -3.87. The van der Waals surface area contributed by atoms with Gasteiger partial charge in [0.05, 0.1) is 12.7 Å². The Morgan fingerprint density at radius 2 is 1.39 bits per heavy atom. The minimum atomic E-state index is -2.43. The Hall–Kier alpha value is -0.376. The van der Waals surface area contributed by atoms with E-state index in [4.69, 9.17) is 32.5 Å². The Balaban J connectivity index is 2.03. The highest BCUT2D eigenvalue weighted by atomic mass is 28.4. The van der Waals surface area contributed by atoms with E-state index in [1.807, 2.05) is 27.7 Å². The molecule has 0 amide bonds. The number of aliphatic carboxylic acids is 1. The van der Waals surface area contributed by atoms with Crippen LogP contribution in [0.2, 0.25) is 36.3 Å². The minimum absolute atomic E-state index is 0.0697. The zero-order chi connectivity index (χ0) is 29.3. The molecular formula is C27H52O9Si2. The first kappa shape index (κ1) is 32.1. The third-order valence-electron chi connectivity index (χ3n) is 8.89. The predicted molar refractivity (Wildman–Crippen MR) is 149 cm³/mol. The first-order valence-corrected chi connectivity index (χ1v) is 19.6. The van der Waals surface area contributed by atoms with Gasteiger partial charge in [-0.2, -0.15) is 0 Å². The lowest BCUT2D eigenvalue weighted by atomic mass is 9.89. The van der Waals surface area contributed by atoms with E-state index in [0.717, 1.165) is 0 Å². The number of hydrogen-bond acceptors (Lipinski definition) is 8. The van der Waals surface area contributed by atoms with Crippen molar-refractivity contribution in [3.8, 4) is 0 Å². The van der Waals surface area contributed by atoms with Crippen LogP contribution < -0.4 is 0 Å². The summed E-state index contributed by atoms with van der Waals surface area (Å²) in [4.78, 5) is 13.1. The maximum atomic E-state index is 13.1. The highest BCUT2D eigenvalue weighted by molar-refractivity contribution is 6.74. The van der Waals surface area contributed by atoms with Gasteiger partial charge in [0.25, 0.3) is 0 Å². The maximum absolute atomic E-state index is 13.1. The third-order valence-corrected chi connectivity index (χ3v) is 17.8. The second-order valence-corrected chi connectivity index (χ2v) is 24.5. The summed E-state index contributed by atoms with van der Waals surface area (Å²) in [7, 11) is -4.71. The normalized spacial score (nSPS) is 33.3. The molecule has 38 heavy (non-hydrogen) atoms. The van der Waals surface area contributed by atoms with Crippen LogP contribution in [-0.2, 0) is 37.3 Å². The lowest BCUT2D eigenvalue weighted by Crippen LogP contribution is -2.56. The van der Waals surface area contributed by atoms with Crippen LogP contribution in [0.5, 0.6) is 0 Å². The molecule has 1 N–H and O–H groups in total. The monoisotopic (exact) mass is 576 g/mol.